The largest absolute Gasteiger partial charge is 0.324 e. The molecular weight excluding hydrogens is 292 g/mol. The minimum Gasteiger partial charge on any atom is -0.324 e. The van der Waals surface area contributed by atoms with Gasteiger partial charge >= 0.3 is 0 Å². The molecule has 4 rings (SSSR count). The summed E-state index contributed by atoms with van der Waals surface area (Å²) in [5.74, 6) is 1.63. The molecule has 120 valence electrons. The Balaban J connectivity index is 1.87. The fourth-order valence-electron chi connectivity index (χ4n) is 3.37. The van der Waals surface area contributed by atoms with Crippen LogP contribution >= 0.6 is 0 Å². The van der Waals surface area contributed by atoms with Gasteiger partial charge in [0, 0.05) is 17.8 Å². The normalized spacial score (nSPS) is 17.5. The second kappa shape index (κ2) is 6.12. The Morgan fingerprint density at radius 3 is 2.38 bits per heavy atom. The van der Waals surface area contributed by atoms with Crippen molar-refractivity contribution in [3.05, 3.63) is 78.4 Å². The van der Waals surface area contributed by atoms with E-state index in [0.717, 1.165) is 12.4 Å². The van der Waals surface area contributed by atoms with E-state index in [4.69, 9.17) is 4.99 Å². The van der Waals surface area contributed by atoms with Crippen LogP contribution in [0.2, 0.25) is 0 Å². The number of rotatable bonds is 3. The zero-order valence-corrected chi connectivity index (χ0v) is 14.2. The predicted molar refractivity (Wildman–Crippen MR) is 103 cm³/mol. The first kappa shape index (κ1) is 14.9. The molecule has 0 amide bonds. The van der Waals surface area contributed by atoms with Crippen LogP contribution in [0.15, 0.2) is 77.8 Å². The molecule has 3 aromatic carbocycles. The van der Waals surface area contributed by atoms with Crippen molar-refractivity contribution in [3.63, 3.8) is 0 Å². The van der Waals surface area contributed by atoms with Crippen LogP contribution in [-0.4, -0.2) is 18.4 Å². The van der Waals surface area contributed by atoms with E-state index in [0.29, 0.717) is 12.0 Å². The lowest BCUT2D eigenvalue weighted by atomic mass is 10.0. The number of nitrogens with zero attached hydrogens (tertiary/aromatic N) is 2. The Kier molecular flexibility index (Phi) is 3.81. The van der Waals surface area contributed by atoms with Crippen LogP contribution in [0.4, 0.5) is 5.69 Å². The quantitative estimate of drug-likeness (QED) is 0.654. The molecule has 0 aromatic heterocycles. The Morgan fingerprint density at radius 2 is 1.58 bits per heavy atom. The van der Waals surface area contributed by atoms with E-state index in [2.05, 4.69) is 91.5 Å². The number of para-hydroxylation sites is 1. The monoisotopic (exact) mass is 314 g/mol. The second-order valence-corrected chi connectivity index (χ2v) is 6.74. The highest BCUT2D eigenvalue weighted by atomic mass is 15.3. The van der Waals surface area contributed by atoms with Crippen LogP contribution in [0.5, 0.6) is 0 Å². The van der Waals surface area contributed by atoms with Crippen molar-refractivity contribution in [2.24, 2.45) is 10.9 Å². The molecular formula is C22H22N2. The number of hydrogen-bond donors (Lipinski definition) is 0. The van der Waals surface area contributed by atoms with E-state index in [9.17, 15) is 0 Å². The third kappa shape index (κ3) is 2.58. The molecule has 0 aliphatic carbocycles. The third-order valence-corrected chi connectivity index (χ3v) is 4.78. The standard InChI is InChI=1S/C22H22N2/c1-16(2)21-15-24(18-11-4-3-5-12-18)22(23-21)20-14-8-10-17-9-6-7-13-19(17)20/h3-14,16,21H,15H2,1-2H3/t21-/m1/s1. The lowest BCUT2D eigenvalue weighted by Gasteiger charge is -2.22. The Labute approximate surface area is 143 Å². The molecule has 0 saturated carbocycles. The van der Waals surface area contributed by atoms with Gasteiger partial charge < -0.3 is 4.90 Å². The molecule has 1 aliphatic heterocycles. The summed E-state index contributed by atoms with van der Waals surface area (Å²) in [4.78, 5) is 7.48. The fraction of sp³-hybridized carbons (Fsp3) is 0.227. The molecule has 24 heavy (non-hydrogen) atoms. The van der Waals surface area contributed by atoms with Crippen LogP contribution in [0.1, 0.15) is 19.4 Å². The van der Waals surface area contributed by atoms with E-state index in [1.165, 1.54) is 22.0 Å². The van der Waals surface area contributed by atoms with E-state index >= 15 is 0 Å². The molecule has 0 radical (unpaired) electrons. The number of fused-ring (bicyclic) bond motifs is 1. The van der Waals surface area contributed by atoms with E-state index in [1.54, 1.807) is 0 Å². The van der Waals surface area contributed by atoms with Gasteiger partial charge in [-0.05, 0) is 28.8 Å². The molecule has 0 saturated heterocycles. The zero-order chi connectivity index (χ0) is 16.5. The topological polar surface area (TPSA) is 15.6 Å². The SMILES string of the molecule is CC(C)[C@H]1CN(c2ccccc2)C(c2cccc3ccccc23)=N1. The maximum Gasteiger partial charge on any atom is 0.136 e. The molecule has 1 aliphatic rings. The maximum atomic E-state index is 5.11. The third-order valence-electron chi connectivity index (χ3n) is 4.78. The van der Waals surface area contributed by atoms with Gasteiger partial charge in [0.15, 0.2) is 0 Å². The van der Waals surface area contributed by atoms with Gasteiger partial charge in [0.2, 0.25) is 0 Å². The molecule has 0 bridgehead atoms. The maximum absolute atomic E-state index is 5.11. The van der Waals surface area contributed by atoms with Gasteiger partial charge in [-0.15, -0.1) is 0 Å². The summed E-state index contributed by atoms with van der Waals surface area (Å²) < 4.78 is 0. The molecule has 0 fully saturated rings. The van der Waals surface area contributed by atoms with Gasteiger partial charge in [-0.1, -0.05) is 74.5 Å². The summed E-state index contributed by atoms with van der Waals surface area (Å²) in [6.07, 6.45) is 0. The summed E-state index contributed by atoms with van der Waals surface area (Å²) >= 11 is 0. The Hall–Kier alpha value is -2.61. The zero-order valence-electron chi connectivity index (χ0n) is 14.2. The van der Waals surface area contributed by atoms with E-state index in [-0.39, 0.29) is 0 Å². The summed E-state index contributed by atoms with van der Waals surface area (Å²) in [6.45, 7) is 5.45. The second-order valence-electron chi connectivity index (χ2n) is 6.74. The van der Waals surface area contributed by atoms with Gasteiger partial charge in [-0.25, -0.2) is 0 Å². The Bertz CT molecular complexity index is 875. The van der Waals surface area contributed by atoms with E-state index in [1.807, 2.05) is 0 Å². The molecule has 0 unspecified atom stereocenters. The van der Waals surface area contributed by atoms with Crippen molar-refractivity contribution in [3.8, 4) is 0 Å². The highest BCUT2D eigenvalue weighted by Gasteiger charge is 2.29. The van der Waals surface area contributed by atoms with Crippen LogP contribution in [-0.2, 0) is 0 Å². The molecule has 0 spiro atoms. The number of anilines is 1. The van der Waals surface area contributed by atoms with Gasteiger partial charge in [0.05, 0.1) is 6.04 Å². The fourth-order valence-corrected chi connectivity index (χ4v) is 3.37. The van der Waals surface area contributed by atoms with Gasteiger partial charge in [0.25, 0.3) is 0 Å². The molecule has 0 N–H and O–H groups in total. The summed E-state index contributed by atoms with van der Waals surface area (Å²) in [6, 6.07) is 26.0. The molecule has 1 atom stereocenters. The number of benzene rings is 3. The molecule has 2 nitrogen and oxygen atoms in total. The number of amidine groups is 1. The minimum absolute atomic E-state index is 0.333. The van der Waals surface area contributed by atoms with Crippen LogP contribution in [0, 0.1) is 5.92 Å². The summed E-state index contributed by atoms with van der Waals surface area (Å²) in [5, 5.41) is 2.53. The first-order valence-corrected chi connectivity index (χ1v) is 8.62. The van der Waals surface area contributed by atoms with Gasteiger partial charge in [0.1, 0.15) is 5.84 Å². The number of aliphatic imine (C=N–C) groups is 1. The van der Waals surface area contributed by atoms with Gasteiger partial charge in [-0.3, -0.25) is 4.99 Å². The molecule has 1 heterocycles. The molecule has 3 aromatic rings. The van der Waals surface area contributed by atoms with Crippen molar-refractivity contribution in [2.75, 3.05) is 11.4 Å². The number of hydrogen-bond acceptors (Lipinski definition) is 2. The highest BCUT2D eigenvalue weighted by molar-refractivity contribution is 6.18. The average molecular weight is 314 g/mol. The Morgan fingerprint density at radius 1 is 0.875 bits per heavy atom. The van der Waals surface area contributed by atoms with Crippen LogP contribution in [0.3, 0.4) is 0 Å². The average Bonchev–Trinajstić information content (AvgIpc) is 3.07. The first-order valence-electron chi connectivity index (χ1n) is 8.62. The van der Waals surface area contributed by atoms with Gasteiger partial charge in [-0.2, -0.15) is 0 Å². The highest BCUT2D eigenvalue weighted by Crippen LogP contribution is 2.29. The van der Waals surface area contributed by atoms with Crippen molar-refractivity contribution < 1.29 is 0 Å². The van der Waals surface area contributed by atoms with Crippen LogP contribution in [0.25, 0.3) is 10.8 Å². The summed E-state index contributed by atoms with van der Waals surface area (Å²) in [7, 11) is 0. The lowest BCUT2D eigenvalue weighted by Crippen LogP contribution is -2.31. The van der Waals surface area contributed by atoms with Crippen molar-refractivity contribution in [1.82, 2.24) is 0 Å². The minimum atomic E-state index is 0.333. The lowest BCUT2D eigenvalue weighted by molar-refractivity contribution is 0.521. The van der Waals surface area contributed by atoms with Crippen molar-refractivity contribution in [2.45, 2.75) is 19.9 Å². The predicted octanol–water partition coefficient (Wildman–Crippen LogP) is 5.13. The van der Waals surface area contributed by atoms with E-state index < -0.39 is 0 Å². The van der Waals surface area contributed by atoms with Crippen molar-refractivity contribution >= 4 is 22.3 Å². The summed E-state index contributed by atoms with van der Waals surface area (Å²) in [5.41, 5.74) is 2.44. The van der Waals surface area contributed by atoms with Crippen LogP contribution < -0.4 is 4.90 Å². The molecule has 2 heteroatoms. The first-order chi connectivity index (χ1) is 11.7. The smallest absolute Gasteiger partial charge is 0.136 e. The van der Waals surface area contributed by atoms with Crippen molar-refractivity contribution in [1.29, 1.82) is 0 Å².